The summed E-state index contributed by atoms with van der Waals surface area (Å²) < 4.78 is 13.6. The number of amides is 1. The molecule has 104 valence electrons. The predicted molar refractivity (Wildman–Crippen MR) is 78.6 cm³/mol. The molecule has 0 radical (unpaired) electrons. The maximum absolute atomic E-state index is 13.6. The van der Waals surface area contributed by atoms with E-state index in [1.807, 2.05) is 25.1 Å². The highest BCUT2D eigenvalue weighted by molar-refractivity contribution is 6.33. The molecule has 0 aliphatic heterocycles. The number of carbonyl (C=O) groups is 1. The van der Waals surface area contributed by atoms with E-state index in [9.17, 15) is 9.18 Å². The van der Waals surface area contributed by atoms with E-state index in [2.05, 4.69) is 11.4 Å². The van der Waals surface area contributed by atoms with Crippen molar-refractivity contribution in [3.63, 3.8) is 0 Å². The minimum atomic E-state index is -0.606. The summed E-state index contributed by atoms with van der Waals surface area (Å²) in [6, 6.07) is 12.2. The molecule has 0 bridgehead atoms. The van der Waals surface area contributed by atoms with Crippen LogP contribution in [0.5, 0.6) is 0 Å². The number of aryl methyl sites for hydroxylation is 1. The van der Waals surface area contributed by atoms with Crippen LogP contribution in [-0.2, 0) is 6.42 Å². The van der Waals surface area contributed by atoms with Gasteiger partial charge >= 0.3 is 0 Å². The summed E-state index contributed by atoms with van der Waals surface area (Å²) in [6.45, 7) is 2.45. The van der Waals surface area contributed by atoms with E-state index in [4.69, 9.17) is 11.6 Å². The zero-order valence-electron chi connectivity index (χ0n) is 11.1. The second-order valence-electron chi connectivity index (χ2n) is 4.59. The van der Waals surface area contributed by atoms with Crippen molar-refractivity contribution in [1.82, 2.24) is 5.32 Å². The minimum Gasteiger partial charge on any atom is -0.352 e. The third kappa shape index (κ3) is 3.58. The quantitative estimate of drug-likeness (QED) is 0.913. The van der Waals surface area contributed by atoms with Crippen LogP contribution in [-0.4, -0.2) is 12.5 Å². The number of rotatable bonds is 4. The van der Waals surface area contributed by atoms with Gasteiger partial charge in [0.25, 0.3) is 5.91 Å². The zero-order chi connectivity index (χ0) is 14.5. The van der Waals surface area contributed by atoms with E-state index >= 15 is 0 Å². The summed E-state index contributed by atoms with van der Waals surface area (Å²) in [4.78, 5) is 11.9. The lowest BCUT2D eigenvalue weighted by atomic mass is 10.1. The van der Waals surface area contributed by atoms with Gasteiger partial charge in [-0.3, -0.25) is 4.79 Å². The number of hydrogen-bond donors (Lipinski definition) is 1. The fourth-order valence-corrected chi connectivity index (χ4v) is 2.24. The Morgan fingerprint density at radius 2 is 2.00 bits per heavy atom. The van der Waals surface area contributed by atoms with Gasteiger partial charge in [0, 0.05) is 6.54 Å². The molecule has 0 heterocycles. The van der Waals surface area contributed by atoms with Crippen LogP contribution >= 0.6 is 11.6 Å². The summed E-state index contributed by atoms with van der Waals surface area (Å²) in [6.07, 6.45) is 0.694. The Labute approximate surface area is 122 Å². The second kappa shape index (κ2) is 6.53. The third-order valence-electron chi connectivity index (χ3n) is 2.97. The van der Waals surface area contributed by atoms with Crippen LogP contribution in [0.4, 0.5) is 4.39 Å². The van der Waals surface area contributed by atoms with Crippen LogP contribution in [0.3, 0.4) is 0 Å². The molecule has 0 unspecified atom stereocenters. The zero-order valence-corrected chi connectivity index (χ0v) is 11.9. The van der Waals surface area contributed by atoms with Crippen molar-refractivity contribution in [3.8, 4) is 0 Å². The van der Waals surface area contributed by atoms with Crippen molar-refractivity contribution in [3.05, 3.63) is 70.0 Å². The topological polar surface area (TPSA) is 29.1 Å². The fraction of sp³-hybridized carbons (Fsp3) is 0.188. The molecule has 4 heteroatoms. The Hall–Kier alpha value is -1.87. The van der Waals surface area contributed by atoms with Gasteiger partial charge in [-0.1, -0.05) is 47.5 Å². The average molecular weight is 292 g/mol. The highest BCUT2D eigenvalue weighted by Gasteiger charge is 2.14. The van der Waals surface area contributed by atoms with Gasteiger partial charge < -0.3 is 5.32 Å². The van der Waals surface area contributed by atoms with Crippen molar-refractivity contribution >= 4 is 17.5 Å². The normalized spacial score (nSPS) is 10.3. The molecular weight excluding hydrogens is 277 g/mol. The first kappa shape index (κ1) is 14.5. The Morgan fingerprint density at radius 1 is 1.25 bits per heavy atom. The van der Waals surface area contributed by atoms with Crippen LogP contribution in [0.2, 0.25) is 5.02 Å². The first-order valence-electron chi connectivity index (χ1n) is 6.35. The van der Waals surface area contributed by atoms with Gasteiger partial charge in [-0.05, 0) is 31.0 Å². The average Bonchev–Trinajstić information content (AvgIpc) is 2.38. The second-order valence-corrected chi connectivity index (χ2v) is 5.00. The summed E-state index contributed by atoms with van der Waals surface area (Å²) in [7, 11) is 0. The highest BCUT2D eigenvalue weighted by atomic mass is 35.5. The van der Waals surface area contributed by atoms with Crippen molar-refractivity contribution in [2.24, 2.45) is 0 Å². The van der Waals surface area contributed by atoms with E-state index < -0.39 is 11.7 Å². The van der Waals surface area contributed by atoms with Gasteiger partial charge in [0.2, 0.25) is 0 Å². The van der Waals surface area contributed by atoms with Crippen molar-refractivity contribution < 1.29 is 9.18 Å². The number of benzene rings is 2. The third-order valence-corrected chi connectivity index (χ3v) is 3.29. The van der Waals surface area contributed by atoms with Gasteiger partial charge in [0.1, 0.15) is 5.82 Å². The van der Waals surface area contributed by atoms with Gasteiger partial charge in [0.15, 0.2) is 0 Å². The number of nitrogens with one attached hydrogen (secondary N) is 1. The maximum Gasteiger partial charge on any atom is 0.255 e. The van der Waals surface area contributed by atoms with Gasteiger partial charge in [-0.15, -0.1) is 0 Å². The molecule has 0 fully saturated rings. The Kier molecular flexibility index (Phi) is 4.74. The van der Waals surface area contributed by atoms with Crippen LogP contribution < -0.4 is 5.32 Å². The smallest absolute Gasteiger partial charge is 0.255 e. The first-order valence-corrected chi connectivity index (χ1v) is 6.73. The maximum atomic E-state index is 13.6. The molecule has 2 nitrogen and oxygen atoms in total. The predicted octanol–water partition coefficient (Wildman–Crippen LogP) is 3.76. The Balaban J connectivity index is 1.96. The molecule has 0 saturated carbocycles. The van der Waals surface area contributed by atoms with Crippen molar-refractivity contribution in [2.45, 2.75) is 13.3 Å². The van der Waals surface area contributed by atoms with E-state index in [0.29, 0.717) is 13.0 Å². The standard InChI is InChI=1S/C16H15ClFNO/c1-11-4-2-5-12(10-11)8-9-19-16(20)15-13(17)6-3-7-14(15)18/h2-7,10H,8-9H2,1H3,(H,19,20). The fourth-order valence-electron chi connectivity index (χ4n) is 1.99. The molecule has 20 heavy (non-hydrogen) atoms. The summed E-state index contributed by atoms with van der Waals surface area (Å²) in [5.74, 6) is -1.09. The molecule has 1 N–H and O–H groups in total. The molecule has 2 aromatic carbocycles. The molecule has 0 aliphatic rings. The summed E-state index contributed by atoms with van der Waals surface area (Å²) in [5.41, 5.74) is 2.20. The van der Waals surface area contributed by atoms with E-state index in [1.54, 1.807) is 0 Å². The molecule has 0 spiro atoms. The van der Waals surface area contributed by atoms with Gasteiger partial charge in [-0.2, -0.15) is 0 Å². The lowest BCUT2D eigenvalue weighted by Crippen LogP contribution is -2.26. The summed E-state index contributed by atoms with van der Waals surface area (Å²) in [5, 5.41) is 2.81. The monoisotopic (exact) mass is 291 g/mol. The van der Waals surface area contributed by atoms with E-state index in [0.717, 1.165) is 5.56 Å². The van der Waals surface area contributed by atoms with Crippen LogP contribution in [0, 0.1) is 12.7 Å². The molecule has 0 atom stereocenters. The molecule has 0 aliphatic carbocycles. The van der Waals surface area contributed by atoms with Crippen molar-refractivity contribution in [2.75, 3.05) is 6.54 Å². The Morgan fingerprint density at radius 3 is 2.70 bits per heavy atom. The van der Waals surface area contributed by atoms with Crippen LogP contribution in [0.15, 0.2) is 42.5 Å². The minimum absolute atomic E-state index is 0.0987. The molecule has 2 rings (SSSR count). The van der Waals surface area contributed by atoms with Crippen molar-refractivity contribution in [1.29, 1.82) is 0 Å². The van der Waals surface area contributed by atoms with Crippen LogP contribution in [0.1, 0.15) is 21.5 Å². The number of halogens is 2. The molecule has 2 aromatic rings. The highest BCUT2D eigenvalue weighted by Crippen LogP contribution is 2.18. The molecule has 1 amide bonds. The first-order chi connectivity index (χ1) is 9.58. The summed E-state index contributed by atoms with van der Waals surface area (Å²) >= 11 is 5.84. The van der Waals surface area contributed by atoms with Gasteiger partial charge in [0.05, 0.1) is 10.6 Å². The molecule has 0 saturated heterocycles. The van der Waals surface area contributed by atoms with Crippen LogP contribution in [0.25, 0.3) is 0 Å². The van der Waals surface area contributed by atoms with E-state index in [-0.39, 0.29) is 10.6 Å². The Bertz CT molecular complexity index is 607. The van der Waals surface area contributed by atoms with Gasteiger partial charge in [-0.25, -0.2) is 4.39 Å². The number of carbonyl (C=O) groups excluding carboxylic acids is 1. The largest absolute Gasteiger partial charge is 0.352 e. The van der Waals surface area contributed by atoms with E-state index in [1.165, 1.54) is 23.8 Å². The molecular formula is C16H15ClFNO. The lowest BCUT2D eigenvalue weighted by molar-refractivity contribution is 0.0950. The number of hydrogen-bond acceptors (Lipinski definition) is 1. The lowest BCUT2D eigenvalue weighted by Gasteiger charge is -2.08. The SMILES string of the molecule is Cc1cccc(CCNC(=O)c2c(F)cccc2Cl)c1. The molecule has 0 aromatic heterocycles.